The van der Waals surface area contributed by atoms with Crippen molar-refractivity contribution < 1.29 is 19.2 Å². The summed E-state index contributed by atoms with van der Waals surface area (Å²) in [6.07, 6.45) is 1.58. The van der Waals surface area contributed by atoms with Crippen LogP contribution in [0.3, 0.4) is 0 Å². The average Bonchev–Trinajstić information content (AvgIpc) is 3.43. The van der Waals surface area contributed by atoms with E-state index in [1.807, 2.05) is 24.3 Å². The zero-order valence-corrected chi connectivity index (χ0v) is 17.9. The Kier molecular flexibility index (Phi) is 6.15. The van der Waals surface area contributed by atoms with Gasteiger partial charge in [-0.3, -0.25) is 4.79 Å². The fourth-order valence-corrected chi connectivity index (χ4v) is 4.01. The van der Waals surface area contributed by atoms with E-state index in [0.717, 1.165) is 29.4 Å². The summed E-state index contributed by atoms with van der Waals surface area (Å²) in [7, 11) is 1.74. The molecule has 0 aliphatic carbocycles. The first-order chi connectivity index (χ1) is 14.9. The highest BCUT2D eigenvalue weighted by Gasteiger charge is 2.30. The Morgan fingerprint density at radius 3 is 3.00 bits per heavy atom. The fraction of sp³-hybridized carbons (Fsp3) is 0.381. The third-order valence-corrected chi connectivity index (χ3v) is 5.79. The summed E-state index contributed by atoms with van der Waals surface area (Å²) >= 11 is 6.03. The van der Waals surface area contributed by atoms with E-state index in [1.54, 1.807) is 16.8 Å². The summed E-state index contributed by atoms with van der Waals surface area (Å²) < 4.78 is 4.91. The second-order valence-corrected chi connectivity index (χ2v) is 8.12. The zero-order valence-electron chi connectivity index (χ0n) is 17.1. The summed E-state index contributed by atoms with van der Waals surface area (Å²) in [4.78, 5) is 31.9. The van der Waals surface area contributed by atoms with Crippen molar-refractivity contribution in [1.29, 1.82) is 0 Å². The molecule has 2 aromatic heterocycles. The van der Waals surface area contributed by atoms with Crippen molar-refractivity contribution in [2.24, 2.45) is 0 Å². The number of hydrogen-bond acceptors (Lipinski definition) is 5. The molecule has 10 heteroatoms. The number of piperidine rings is 1. The number of urea groups is 1. The number of H-pyrrole nitrogens is 1. The van der Waals surface area contributed by atoms with E-state index in [1.165, 1.54) is 6.07 Å². The van der Waals surface area contributed by atoms with Gasteiger partial charge in [0.05, 0.1) is 12.6 Å². The molecule has 4 rings (SSSR count). The molecule has 31 heavy (non-hydrogen) atoms. The molecule has 1 aliphatic rings. The van der Waals surface area contributed by atoms with Gasteiger partial charge in [-0.1, -0.05) is 16.8 Å². The smallest absolute Gasteiger partial charge is 0.317 e. The van der Waals surface area contributed by atoms with Crippen LogP contribution < -0.4 is 5.32 Å². The van der Waals surface area contributed by atoms with Crippen LogP contribution in [0, 0.1) is 0 Å². The van der Waals surface area contributed by atoms with Crippen LogP contribution in [-0.4, -0.2) is 63.2 Å². The Morgan fingerprint density at radius 2 is 2.23 bits per heavy atom. The number of rotatable bonds is 5. The third-order valence-electron chi connectivity index (χ3n) is 5.55. The van der Waals surface area contributed by atoms with E-state index >= 15 is 0 Å². The van der Waals surface area contributed by atoms with Gasteiger partial charge in [-0.2, -0.15) is 0 Å². The Labute approximate surface area is 183 Å². The van der Waals surface area contributed by atoms with Gasteiger partial charge in [-0.05, 0) is 37.1 Å². The van der Waals surface area contributed by atoms with Gasteiger partial charge in [0.1, 0.15) is 6.61 Å². The highest BCUT2D eigenvalue weighted by Crippen LogP contribution is 2.21. The number of aliphatic hydroxyl groups excluding tert-OH is 1. The Balaban J connectivity index is 1.34. The molecule has 164 valence electrons. The summed E-state index contributed by atoms with van der Waals surface area (Å²) in [5, 5.41) is 17.4. The molecular weight excluding hydrogens is 422 g/mol. The minimum atomic E-state index is -0.310. The number of aliphatic hydroxyl groups is 1. The first-order valence-corrected chi connectivity index (χ1v) is 10.5. The fourth-order valence-electron chi connectivity index (χ4n) is 3.83. The van der Waals surface area contributed by atoms with Gasteiger partial charge in [0.2, 0.25) is 0 Å². The molecule has 0 saturated carbocycles. The van der Waals surface area contributed by atoms with Gasteiger partial charge in [0.25, 0.3) is 5.91 Å². The number of nitrogens with zero attached hydrogens (tertiary/aromatic N) is 3. The molecule has 9 nitrogen and oxygen atoms in total. The molecule has 0 radical (unpaired) electrons. The minimum Gasteiger partial charge on any atom is -0.388 e. The third kappa shape index (κ3) is 4.67. The van der Waals surface area contributed by atoms with Crippen LogP contribution in [-0.2, 0) is 13.2 Å². The number of carbonyl (C=O) groups excluding carboxylic acids is 2. The SMILES string of the molecule is CN(C(=O)NCc1cc2cc(Cl)ccc2[nH]1)[C@@H]1CCCN(C(=O)c2cc(CO)on2)C1. The number of likely N-dealkylation sites (tertiary alicyclic amines) is 1. The zero-order chi connectivity index (χ0) is 22.0. The van der Waals surface area contributed by atoms with Crippen LogP contribution in [0.2, 0.25) is 5.02 Å². The number of amides is 3. The number of aromatic amines is 1. The van der Waals surface area contributed by atoms with Gasteiger partial charge in [-0.15, -0.1) is 0 Å². The van der Waals surface area contributed by atoms with Crippen LogP contribution in [0.15, 0.2) is 34.9 Å². The van der Waals surface area contributed by atoms with E-state index in [-0.39, 0.29) is 36.0 Å². The van der Waals surface area contributed by atoms with Crippen LogP contribution in [0.1, 0.15) is 34.8 Å². The molecular formula is C21H24ClN5O4. The van der Waals surface area contributed by atoms with Crippen LogP contribution in [0.25, 0.3) is 10.9 Å². The van der Waals surface area contributed by atoms with Gasteiger partial charge >= 0.3 is 6.03 Å². The number of aromatic nitrogens is 2. The molecule has 1 atom stereocenters. The Morgan fingerprint density at radius 1 is 1.39 bits per heavy atom. The molecule has 3 N–H and O–H groups in total. The lowest BCUT2D eigenvalue weighted by atomic mass is 10.0. The molecule has 3 heterocycles. The maximum atomic E-state index is 12.7. The lowest BCUT2D eigenvalue weighted by Gasteiger charge is -2.37. The van der Waals surface area contributed by atoms with E-state index in [2.05, 4.69) is 15.5 Å². The number of likely N-dealkylation sites (N-methyl/N-ethyl adjacent to an activating group) is 1. The number of fused-ring (bicyclic) bond motifs is 1. The van der Waals surface area contributed by atoms with Crippen molar-refractivity contribution in [3.63, 3.8) is 0 Å². The predicted octanol–water partition coefficient (Wildman–Crippen LogP) is 2.75. The lowest BCUT2D eigenvalue weighted by Crippen LogP contribution is -2.52. The number of benzene rings is 1. The quantitative estimate of drug-likeness (QED) is 0.558. The number of hydrogen-bond donors (Lipinski definition) is 3. The van der Waals surface area contributed by atoms with Crippen molar-refractivity contribution in [1.82, 2.24) is 25.3 Å². The van der Waals surface area contributed by atoms with Gasteiger partial charge in [-0.25, -0.2) is 4.79 Å². The topological polar surface area (TPSA) is 115 Å². The highest BCUT2D eigenvalue weighted by atomic mass is 35.5. The number of carbonyl (C=O) groups is 2. The first kappa shape index (κ1) is 21.2. The van der Waals surface area contributed by atoms with Crippen molar-refractivity contribution in [3.8, 4) is 0 Å². The minimum absolute atomic E-state index is 0.108. The average molecular weight is 446 g/mol. The van der Waals surface area contributed by atoms with Crippen molar-refractivity contribution >= 4 is 34.4 Å². The Hall–Kier alpha value is -3.04. The van der Waals surface area contributed by atoms with Crippen LogP contribution >= 0.6 is 11.6 Å². The van der Waals surface area contributed by atoms with Crippen molar-refractivity contribution in [2.75, 3.05) is 20.1 Å². The highest BCUT2D eigenvalue weighted by molar-refractivity contribution is 6.31. The second kappa shape index (κ2) is 8.99. The second-order valence-electron chi connectivity index (χ2n) is 7.68. The van der Waals surface area contributed by atoms with Crippen molar-refractivity contribution in [3.05, 3.63) is 52.5 Å². The molecule has 0 bridgehead atoms. The van der Waals surface area contributed by atoms with E-state index in [4.69, 9.17) is 21.2 Å². The van der Waals surface area contributed by atoms with Gasteiger partial charge in [0.15, 0.2) is 11.5 Å². The van der Waals surface area contributed by atoms with Crippen LogP contribution in [0.5, 0.6) is 0 Å². The molecule has 0 spiro atoms. The van der Waals surface area contributed by atoms with E-state index in [0.29, 0.717) is 24.7 Å². The van der Waals surface area contributed by atoms with Gasteiger partial charge < -0.3 is 29.7 Å². The standard InChI is InChI=1S/C21H24ClN5O4/c1-26(21(30)23-10-15-8-13-7-14(22)4-5-18(13)24-15)16-3-2-6-27(11-16)20(29)19-9-17(12-28)31-25-19/h4-5,7-9,16,24,28H,2-3,6,10-12H2,1H3,(H,23,30)/t16-/m1/s1. The first-order valence-electron chi connectivity index (χ1n) is 10.1. The molecule has 1 saturated heterocycles. The van der Waals surface area contributed by atoms with Crippen LogP contribution in [0.4, 0.5) is 4.79 Å². The maximum Gasteiger partial charge on any atom is 0.317 e. The largest absolute Gasteiger partial charge is 0.388 e. The summed E-state index contributed by atoms with van der Waals surface area (Å²) in [6, 6.07) is 8.68. The number of nitrogens with one attached hydrogen (secondary N) is 2. The molecule has 1 fully saturated rings. The van der Waals surface area contributed by atoms with E-state index in [9.17, 15) is 9.59 Å². The monoisotopic (exact) mass is 445 g/mol. The molecule has 3 amide bonds. The van der Waals surface area contributed by atoms with Crippen molar-refractivity contribution in [2.45, 2.75) is 32.0 Å². The van der Waals surface area contributed by atoms with E-state index < -0.39 is 0 Å². The summed E-state index contributed by atoms with van der Waals surface area (Å²) in [6.45, 7) is 1.04. The maximum absolute atomic E-state index is 12.7. The lowest BCUT2D eigenvalue weighted by molar-refractivity contribution is 0.0626. The summed E-state index contributed by atoms with van der Waals surface area (Å²) in [5.74, 6) is -0.0219. The van der Waals surface area contributed by atoms with Gasteiger partial charge in [0, 0.05) is 47.8 Å². The molecule has 1 aromatic carbocycles. The molecule has 1 aliphatic heterocycles. The molecule has 0 unspecified atom stereocenters. The Bertz CT molecular complexity index is 1090. The normalized spacial score (nSPS) is 16.5. The predicted molar refractivity (Wildman–Crippen MR) is 115 cm³/mol. The number of halogens is 1. The summed E-state index contributed by atoms with van der Waals surface area (Å²) in [5.41, 5.74) is 2.00. The molecule has 3 aromatic rings.